The van der Waals surface area contributed by atoms with Gasteiger partial charge in [-0.2, -0.15) is 5.10 Å². The first kappa shape index (κ1) is 15.4. The van der Waals surface area contributed by atoms with E-state index in [0.29, 0.717) is 13.2 Å². The van der Waals surface area contributed by atoms with Crippen LogP contribution in [0.5, 0.6) is 0 Å². The van der Waals surface area contributed by atoms with Gasteiger partial charge in [0, 0.05) is 18.1 Å². The Labute approximate surface area is 126 Å². The number of rotatable bonds is 6. The van der Waals surface area contributed by atoms with Crippen molar-refractivity contribution in [2.45, 2.75) is 19.5 Å². The van der Waals surface area contributed by atoms with Crippen molar-refractivity contribution in [1.29, 1.82) is 0 Å². The Morgan fingerprint density at radius 1 is 1.48 bits per heavy atom. The molecule has 2 rings (SSSR count). The van der Waals surface area contributed by atoms with Crippen molar-refractivity contribution in [3.05, 3.63) is 50.6 Å². The molecular formula is C14H17N3O3S. The van der Waals surface area contributed by atoms with E-state index in [1.54, 1.807) is 18.4 Å². The van der Waals surface area contributed by atoms with Gasteiger partial charge in [-0.05, 0) is 24.4 Å². The van der Waals surface area contributed by atoms with Crippen molar-refractivity contribution >= 4 is 17.2 Å². The Kier molecular flexibility index (Phi) is 5.24. The van der Waals surface area contributed by atoms with Crippen LogP contribution in [0, 0.1) is 0 Å². The molecule has 1 N–H and O–H groups in total. The topological polar surface area (TPSA) is 73.2 Å². The van der Waals surface area contributed by atoms with Gasteiger partial charge < -0.3 is 10.1 Å². The number of nitrogens with zero attached hydrogens (tertiary/aromatic N) is 2. The number of amides is 1. The minimum atomic E-state index is -0.304. The van der Waals surface area contributed by atoms with Gasteiger partial charge in [0.1, 0.15) is 5.69 Å². The predicted molar refractivity (Wildman–Crippen MR) is 80.6 cm³/mol. The van der Waals surface area contributed by atoms with Crippen molar-refractivity contribution < 1.29 is 9.53 Å². The number of hydrogen-bond donors (Lipinski definition) is 1. The van der Waals surface area contributed by atoms with Gasteiger partial charge in [-0.1, -0.05) is 6.07 Å². The van der Waals surface area contributed by atoms with Gasteiger partial charge in [-0.25, -0.2) is 4.68 Å². The predicted octanol–water partition coefficient (Wildman–Crippen LogP) is 1.44. The molecule has 21 heavy (non-hydrogen) atoms. The fourth-order valence-electron chi connectivity index (χ4n) is 1.79. The Hall–Kier alpha value is -1.99. The number of thiophene rings is 1. The second kappa shape index (κ2) is 7.14. The third-order valence-corrected chi connectivity index (χ3v) is 3.98. The number of carbonyl (C=O) groups is 1. The van der Waals surface area contributed by atoms with Crippen molar-refractivity contribution in [2.24, 2.45) is 0 Å². The van der Waals surface area contributed by atoms with Gasteiger partial charge in [0.2, 0.25) is 0 Å². The summed E-state index contributed by atoms with van der Waals surface area (Å²) in [6, 6.07) is 6.57. The zero-order chi connectivity index (χ0) is 15.2. The third kappa shape index (κ3) is 3.99. The maximum atomic E-state index is 12.2. The van der Waals surface area contributed by atoms with Crippen LogP contribution in [0.2, 0.25) is 0 Å². The number of hydrogen-bond acceptors (Lipinski definition) is 5. The number of methoxy groups -OCH3 is 1. The lowest BCUT2D eigenvalue weighted by atomic mass is 10.2. The molecule has 2 heterocycles. The summed E-state index contributed by atoms with van der Waals surface area (Å²) in [6.45, 7) is 2.59. The average molecular weight is 307 g/mol. The first-order valence-electron chi connectivity index (χ1n) is 6.53. The van der Waals surface area contributed by atoms with Crippen LogP contribution in [0.25, 0.3) is 0 Å². The lowest BCUT2D eigenvalue weighted by Gasteiger charge is -2.12. The second-order valence-electron chi connectivity index (χ2n) is 4.48. The molecule has 0 radical (unpaired) electrons. The van der Waals surface area contributed by atoms with Crippen molar-refractivity contribution in [2.75, 3.05) is 13.7 Å². The normalized spacial score (nSPS) is 12.1. The Balaban J connectivity index is 2.10. The van der Waals surface area contributed by atoms with Gasteiger partial charge in [0.05, 0.1) is 19.2 Å². The average Bonchev–Trinajstić information content (AvgIpc) is 3.00. The molecule has 112 valence electrons. The lowest BCUT2D eigenvalue weighted by molar-refractivity contribution is 0.0931. The van der Waals surface area contributed by atoms with Crippen LogP contribution >= 0.6 is 11.3 Å². The fraction of sp³-hybridized carbons (Fsp3) is 0.357. The molecule has 2 aromatic rings. The standard InChI is InChI=1S/C14H17N3O3S/c1-10(12-4-3-9-21-12)15-14(19)11-5-6-13(18)17(16-11)7-8-20-2/h3-6,9-10H,7-8H2,1-2H3,(H,15,19)/t10-/m0/s1. The van der Waals surface area contributed by atoms with Gasteiger partial charge in [0.25, 0.3) is 11.5 Å². The molecule has 0 aliphatic heterocycles. The van der Waals surface area contributed by atoms with E-state index in [9.17, 15) is 9.59 Å². The van der Waals surface area contributed by atoms with Crippen LogP contribution in [0.15, 0.2) is 34.4 Å². The van der Waals surface area contributed by atoms with E-state index in [0.717, 1.165) is 4.88 Å². The molecule has 6 nitrogen and oxygen atoms in total. The number of carbonyl (C=O) groups excluding carboxylic acids is 1. The van der Waals surface area contributed by atoms with E-state index in [1.165, 1.54) is 16.8 Å². The van der Waals surface area contributed by atoms with Gasteiger partial charge in [0.15, 0.2) is 0 Å². The van der Waals surface area contributed by atoms with Crippen LogP contribution in [0.1, 0.15) is 28.3 Å². The molecule has 1 atom stereocenters. The molecule has 0 fully saturated rings. The third-order valence-electron chi connectivity index (χ3n) is 2.92. The second-order valence-corrected chi connectivity index (χ2v) is 5.46. The summed E-state index contributed by atoms with van der Waals surface area (Å²) >= 11 is 1.58. The van der Waals surface area contributed by atoms with Crippen LogP contribution < -0.4 is 10.9 Å². The summed E-state index contributed by atoms with van der Waals surface area (Å²) in [6.07, 6.45) is 0. The summed E-state index contributed by atoms with van der Waals surface area (Å²) in [5, 5.41) is 8.88. The molecule has 0 unspecified atom stereocenters. The molecule has 1 amide bonds. The van der Waals surface area contributed by atoms with E-state index in [2.05, 4.69) is 10.4 Å². The molecule has 7 heteroatoms. The van der Waals surface area contributed by atoms with E-state index in [-0.39, 0.29) is 23.2 Å². The molecule has 0 aromatic carbocycles. The van der Waals surface area contributed by atoms with Crippen LogP contribution in [-0.2, 0) is 11.3 Å². The highest BCUT2D eigenvalue weighted by Crippen LogP contribution is 2.18. The minimum absolute atomic E-state index is 0.0985. The summed E-state index contributed by atoms with van der Waals surface area (Å²) in [5.74, 6) is -0.304. The maximum absolute atomic E-state index is 12.2. The summed E-state index contributed by atoms with van der Waals surface area (Å²) in [7, 11) is 1.55. The zero-order valence-electron chi connectivity index (χ0n) is 11.9. The minimum Gasteiger partial charge on any atom is -0.383 e. The van der Waals surface area contributed by atoms with E-state index >= 15 is 0 Å². The summed E-state index contributed by atoms with van der Waals surface area (Å²) in [4.78, 5) is 24.9. The number of nitrogens with one attached hydrogen (secondary N) is 1. The maximum Gasteiger partial charge on any atom is 0.272 e. The molecule has 0 aliphatic carbocycles. The Morgan fingerprint density at radius 2 is 2.29 bits per heavy atom. The van der Waals surface area contributed by atoms with Crippen molar-refractivity contribution in [3.8, 4) is 0 Å². The highest BCUT2D eigenvalue weighted by Gasteiger charge is 2.14. The molecule has 0 spiro atoms. The summed E-state index contributed by atoms with van der Waals surface area (Å²) < 4.78 is 6.15. The molecule has 0 saturated carbocycles. The summed E-state index contributed by atoms with van der Waals surface area (Å²) in [5.41, 5.74) is -0.0379. The van der Waals surface area contributed by atoms with Gasteiger partial charge in [-0.3, -0.25) is 9.59 Å². The molecule has 0 aliphatic rings. The van der Waals surface area contributed by atoms with E-state index in [4.69, 9.17) is 4.74 Å². The molecule has 0 saturated heterocycles. The number of ether oxygens (including phenoxy) is 1. The van der Waals surface area contributed by atoms with Gasteiger partial charge in [-0.15, -0.1) is 11.3 Å². The van der Waals surface area contributed by atoms with E-state index < -0.39 is 0 Å². The quantitative estimate of drug-likeness (QED) is 0.876. The fourth-order valence-corrected chi connectivity index (χ4v) is 2.52. The number of aromatic nitrogens is 2. The highest BCUT2D eigenvalue weighted by molar-refractivity contribution is 7.10. The smallest absolute Gasteiger partial charge is 0.272 e. The van der Waals surface area contributed by atoms with Crippen LogP contribution in [0.3, 0.4) is 0 Å². The van der Waals surface area contributed by atoms with Crippen molar-refractivity contribution in [1.82, 2.24) is 15.1 Å². The lowest BCUT2D eigenvalue weighted by Crippen LogP contribution is -2.31. The van der Waals surface area contributed by atoms with Crippen LogP contribution in [-0.4, -0.2) is 29.4 Å². The first-order valence-corrected chi connectivity index (χ1v) is 7.41. The first-order chi connectivity index (χ1) is 10.1. The Bertz CT molecular complexity index is 652. The highest BCUT2D eigenvalue weighted by atomic mass is 32.1. The largest absolute Gasteiger partial charge is 0.383 e. The zero-order valence-corrected chi connectivity index (χ0v) is 12.7. The van der Waals surface area contributed by atoms with Gasteiger partial charge >= 0.3 is 0 Å². The van der Waals surface area contributed by atoms with Crippen LogP contribution in [0.4, 0.5) is 0 Å². The molecular weight excluding hydrogens is 290 g/mol. The van der Waals surface area contributed by atoms with Crippen molar-refractivity contribution in [3.63, 3.8) is 0 Å². The molecule has 0 bridgehead atoms. The molecule has 2 aromatic heterocycles. The SMILES string of the molecule is COCCn1nc(C(=O)N[C@@H](C)c2cccs2)ccc1=O. The monoisotopic (exact) mass is 307 g/mol. The van der Waals surface area contributed by atoms with E-state index in [1.807, 2.05) is 24.4 Å². The Morgan fingerprint density at radius 3 is 2.95 bits per heavy atom.